The highest BCUT2D eigenvalue weighted by Gasteiger charge is 2.38. The van der Waals surface area contributed by atoms with Crippen LogP contribution in [-0.4, -0.2) is 50.8 Å². The van der Waals surface area contributed by atoms with Crippen LogP contribution in [0.5, 0.6) is 0 Å². The minimum Gasteiger partial charge on any atom is -0.381 e. The van der Waals surface area contributed by atoms with Gasteiger partial charge in [0.15, 0.2) is 0 Å². The molecule has 3 nitrogen and oxygen atoms in total. The Morgan fingerprint density at radius 3 is 2.74 bits per heavy atom. The highest BCUT2D eigenvalue weighted by atomic mass is 16.5. The van der Waals surface area contributed by atoms with Crippen molar-refractivity contribution in [2.45, 2.75) is 45.1 Å². The molecule has 2 saturated carbocycles. The number of rotatable bonds is 7. The molecule has 1 N–H and O–H groups in total. The van der Waals surface area contributed by atoms with Gasteiger partial charge in [0.05, 0.1) is 6.61 Å². The third kappa shape index (κ3) is 3.93. The highest BCUT2D eigenvalue weighted by Crippen LogP contribution is 2.39. The summed E-state index contributed by atoms with van der Waals surface area (Å²) in [5, 5.41) is 3.74. The average Bonchev–Trinajstić information content (AvgIpc) is 3.28. The van der Waals surface area contributed by atoms with Gasteiger partial charge in [0.1, 0.15) is 0 Å². The third-order valence-corrected chi connectivity index (χ3v) is 5.17. The van der Waals surface area contributed by atoms with Crippen LogP contribution >= 0.6 is 0 Å². The lowest BCUT2D eigenvalue weighted by molar-refractivity contribution is -0.0234. The Kier molecular flexibility index (Phi) is 4.16. The van der Waals surface area contributed by atoms with E-state index in [-0.39, 0.29) is 0 Å². The van der Waals surface area contributed by atoms with Crippen LogP contribution in [0.1, 0.15) is 39.0 Å². The molecule has 3 atom stereocenters. The molecule has 0 spiro atoms. The molecule has 3 rings (SSSR count). The summed E-state index contributed by atoms with van der Waals surface area (Å²) in [6.45, 7) is 7.95. The van der Waals surface area contributed by atoms with Gasteiger partial charge in [0.25, 0.3) is 0 Å². The second kappa shape index (κ2) is 5.71. The molecule has 0 aromatic heterocycles. The highest BCUT2D eigenvalue weighted by molar-refractivity contribution is 4.92. The molecule has 1 aliphatic heterocycles. The van der Waals surface area contributed by atoms with Gasteiger partial charge in [-0.25, -0.2) is 0 Å². The van der Waals surface area contributed by atoms with Crippen LogP contribution in [-0.2, 0) is 4.74 Å². The van der Waals surface area contributed by atoms with Gasteiger partial charge >= 0.3 is 0 Å². The van der Waals surface area contributed by atoms with Crippen molar-refractivity contribution in [1.82, 2.24) is 10.2 Å². The lowest BCUT2D eigenvalue weighted by Gasteiger charge is -2.40. The number of hydrogen-bond donors (Lipinski definition) is 1. The van der Waals surface area contributed by atoms with E-state index < -0.39 is 0 Å². The molecular weight excluding hydrogens is 236 g/mol. The Morgan fingerprint density at radius 1 is 1.37 bits per heavy atom. The summed E-state index contributed by atoms with van der Waals surface area (Å²) in [6, 6.07) is 0.813. The standard InChI is InChI=1S/C16H30N2O/c1-13-8-14(13)9-18(2)11-16(6-3-7-19-12-16)10-17-15-4-5-15/h13-15,17H,3-12H2,1-2H3. The Hall–Kier alpha value is -0.120. The van der Waals surface area contributed by atoms with E-state index in [4.69, 9.17) is 4.74 Å². The van der Waals surface area contributed by atoms with Crippen LogP contribution in [0, 0.1) is 17.3 Å². The molecule has 0 radical (unpaired) electrons. The summed E-state index contributed by atoms with van der Waals surface area (Å²) in [7, 11) is 2.30. The van der Waals surface area contributed by atoms with Gasteiger partial charge in [-0.2, -0.15) is 0 Å². The second-order valence-corrected chi connectivity index (χ2v) is 7.48. The van der Waals surface area contributed by atoms with Gasteiger partial charge in [-0.05, 0) is 51.0 Å². The normalized spacial score (nSPS) is 38.7. The molecule has 0 amide bonds. The summed E-state index contributed by atoms with van der Waals surface area (Å²) < 4.78 is 5.81. The van der Waals surface area contributed by atoms with E-state index in [1.807, 2.05) is 0 Å². The molecule has 3 aliphatic rings. The van der Waals surface area contributed by atoms with Crippen LogP contribution in [0.15, 0.2) is 0 Å². The van der Waals surface area contributed by atoms with Crippen LogP contribution < -0.4 is 5.32 Å². The van der Waals surface area contributed by atoms with E-state index in [1.165, 1.54) is 45.2 Å². The van der Waals surface area contributed by atoms with E-state index in [1.54, 1.807) is 0 Å². The summed E-state index contributed by atoms with van der Waals surface area (Å²) >= 11 is 0. The number of nitrogens with zero attached hydrogens (tertiary/aromatic N) is 1. The van der Waals surface area contributed by atoms with E-state index in [2.05, 4.69) is 24.2 Å². The Labute approximate surface area is 118 Å². The zero-order valence-corrected chi connectivity index (χ0v) is 12.7. The quantitative estimate of drug-likeness (QED) is 0.764. The fraction of sp³-hybridized carbons (Fsp3) is 1.00. The van der Waals surface area contributed by atoms with E-state index in [9.17, 15) is 0 Å². The van der Waals surface area contributed by atoms with Crippen molar-refractivity contribution in [3.05, 3.63) is 0 Å². The number of ether oxygens (including phenoxy) is 1. The summed E-state index contributed by atoms with van der Waals surface area (Å²) in [4.78, 5) is 2.57. The van der Waals surface area contributed by atoms with Crippen LogP contribution in [0.25, 0.3) is 0 Å². The lowest BCUT2D eigenvalue weighted by Crippen LogP contribution is -2.49. The minimum absolute atomic E-state index is 0.369. The molecule has 0 aromatic rings. The molecule has 0 bridgehead atoms. The predicted octanol–water partition coefficient (Wildman–Crippen LogP) is 2.12. The van der Waals surface area contributed by atoms with Crippen molar-refractivity contribution >= 4 is 0 Å². The first kappa shape index (κ1) is 13.8. The zero-order valence-electron chi connectivity index (χ0n) is 12.7. The topological polar surface area (TPSA) is 24.5 Å². The average molecular weight is 266 g/mol. The predicted molar refractivity (Wildman–Crippen MR) is 78.3 cm³/mol. The fourth-order valence-corrected chi connectivity index (χ4v) is 3.57. The zero-order chi connectivity index (χ0) is 13.3. The maximum atomic E-state index is 5.81. The summed E-state index contributed by atoms with van der Waals surface area (Å²) in [5.41, 5.74) is 0.369. The molecule has 3 heteroatoms. The van der Waals surface area contributed by atoms with Crippen LogP contribution in [0.4, 0.5) is 0 Å². The van der Waals surface area contributed by atoms with Gasteiger partial charge < -0.3 is 15.0 Å². The van der Waals surface area contributed by atoms with Crippen molar-refractivity contribution < 1.29 is 4.74 Å². The molecule has 110 valence electrons. The van der Waals surface area contributed by atoms with Gasteiger partial charge in [0, 0.05) is 37.7 Å². The molecule has 3 fully saturated rings. The van der Waals surface area contributed by atoms with Gasteiger partial charge in [0.2, 0.25) is 0 Å². The molecular formula is C16H30N2O. The Bertz CT molecular complexity index is 297. The lowest BCUT2D eigenvalue weighted by atomic mass is 9.81. The second-order valence-electron chi connectivity index (χ2n) is 7.48. The Balaban J connectivity index is 1.50. The van der Waals surface area contributed by atoms with Gasteiger partial charge in [-0.15, -0.1) is 0 Å². The molecule has 2 aliphatic carbocycles. The van der Waals surface area contributed by atoms with Gasteiger partial charge in [-0.3, -0.25) is 0 Å². The number of hydrogen-bond acceptors (Lipinski definition) is 3. The third-order valence-electron chi connectivity index (χ3n) is 5.17. The van der Waals surface area contributed by atoms with Crippen molar-refractivity contribution in [2.24, 2.45) is 17.3 Å². The van der Waals surface area contributed by atoms with Gasteiger partial charge in [-0.1, -0.05) is 6.92 Å². The van der Waals surface area contributed by atoms with Crippen molar-refractivity contribution in [3.63, 3.8) is 0 Å². The van der Waals surface area contributed by atoms with E-state index in [0.29, 0.717) is 5.41 Å². The SMILES string of the molecule is CC1CC1CN(C)CC1(CNC2CC2)CCCOC1. The van der Waals surface area contributed by atoms with Crippen molar-refractivity contribution in [1.29, 1.82) is 0 Å². The smallest absolute Gasteiger partial charge is 0.0546 e. The maximum absolute atomic E-state index is 5.81. The first-order valence-corrected chi connectivity index (χ1v) is 8.17. The van der Waals surface area contributed by atoms with E-state index in [0.717, 1.165) is 37.6 Å². The molecule has 3 unspecified atom stereocenters. The molecule has 0 aromatic carbocycles. The van der Waals surface area contributed by atoms with Crippen LogP contribution in [0.3, 0.4) is 0 Å². The molecule has 1 saturated heterocycles. The summed E-state index contributed by atoms with van der Waals surface area (Å²) in [5.74, 6) is 1.92. The first-order chi connectivity index (χ1) is 9.17. The maximum Gasteiger partial charge on any atom is 0.0546 e. The van der Waals surface area contributed by atoms with Crippen LogP contribution in [0.2, 0.25) is 0 Å². The summed E-state index contributed by atoms with van der Waals surface area (Å²) in [6.07, 6.45) is 6.77. The molecule has 19 heavy (non-hydrogen) atoms. The van der Waals surface area contributed by atoms with Crippen molar-refractivity contribution in [2.75, 3.05) is 39.9 Å². The monoisotopic (exact) mass is 266 g/mol. The number of nitrogens with one attached hydrogen (secondary N) is 1. The van der Waals surface area contributed by atoms with Crippen molar-refractivity contribution in [3.8, 4) is 0 Å². The minimum atomic E-state index is 0.369. The largest absolute Gasteiger partial charge is 0.381 e. The fourth-order valence-electron chi connectivity index (χ4n) is 3.57. The first-order valence-electron chi connectivity index (χ1n) is 8.17. The molecule has 1 heterocycles. The Morgan fingerprint density at radius 2 is 2.16 bits per heavy atom. The van der Waals surface area contributed by atoms with E-state index >= 15 is 0 Å².